The number of nitrogens with two attached hydrogens (primary N) is 1. The van der Waals surface area contributed by atoms with Gasteiger partial charge in [0, 0.05) is 6.54 Å². The van der Waals surface area contributed by atoms with Crippen molar-refractivity contribution in [3.05, 3.63) is 0 Å². The molecule has 1 amide bonds. The number of hydrogen-bond donors (Lipinski definition) is 2. The minimum atomic E-state index is -0.318. The lowest BCUT2D eigenvalue weighted by atomic mass is 10.1. The molecule has 1 heterocycles. The Kier molecular flexibility index (Phi) is 7.21. The first-order chi connectivity index (χ1) is 8.24. The van der Waals surface area contributed by atoms with E-state index in [1.165, 1.54) is 25.9 Å². The second kappa shape index (κ2) is 8.48. The van der Waals surface area contributed by atoms with Crippen LogP contribution in [0.2, 0.25) is 0 Å². The molecule has 0 bridgehead atoms. The first-order valence-corrected chi connectivity index (χ1v) is 6.99. The average molecular weight is 241 g/mol. The van der Waals surface area contributed by atoms with Crippen LogP contribution >= 0.6 is 0 Å². The molecule has 1 unspecified atom stereocenters. The van der Waals surface area contributed by atoms with Gasteiger partial charge in [-0.3, -0.25) is 4.79 Å². The van der Waals surface area contributed by atoms with Gasteiger partial charge in [0.25, 0.3) is 0 Å². The highest BCUT2D eigenvalue weighted by Gasteiger charge is 2.13. The number of nitrogens with one attached hydrogen (secondary N) is 1. The number of carbonyl (C=O) groups is 1. The maximum atomic E-state index is 11.6. The number of rotatable bonds is 8. The zero-order valence-corrected chi connectivity index (χ0v) is 11.1. The fraction of sp³-hybridized carbons (Fsp3) is 0.923. The molecular formula is C13H27N3O. The average Bonchev–Trinajstić information content (AvgIpc) is 2.84. The lowest BCUT2D eigenvalue weighted by Gasteiger charge is -2.15. The molecule has 1 atom stereocenters. The fourth-order valence-electron chi connectivity index (χ4n) is 2.21. The number of likely N-dealkylation sites (tertiary alicyclic amines) is 1. The normalized spacial score (nSPS) is 18.2. The first-order valence-electron chi connectivity index (χ1n) is 6.99. The Morgan fingerprint density at radius 1 is 1.35 bits per heavy atom. The predicted octanol–water partition coefficient (Wildman–Crippen LogP) is 1.11. The molecule has 1 aliphatic rings. The van der Waals surface area contributed by atoms with Gasteiger partial charge in [-0.1, -0.05) is 19.8 Å². The zero-order chi connectivity index (χ0) is 12.5. The summed E-state index contributed by atoms with van der Waals surface area (Å²) in [7, 11) is 0. The maximum Gasteiger partial charge on any atom is 0.236 e. The van der Waals surface area contributed by atoms with Crippen LogP contribution in [-0.2, 0) is 4.79 Å². The molecule has 4 heteroatoms. The third-order valence-electron chi connectivity index (χ3n) is 3.35. The molecule has 0 aromatic rings. The molecule has 0 saturated carbocycles. The van der Waals surface area contributed by atoms with Gasteiger partial charge >= 0.3 is 0 Å². The Morgan fingerprint density at radius 3 is 2.71 bits per heavy atom. The fourth-order valence-corrected chi connectivity index (χ4v) is 2.21. The third kappa shape index (κ3) is 6.03. The molecule has 4 nitrogen and oxygen atoms in total. The van der Waals surface area contributed by atoms with Crippen LogP contribution in [0, 0.1) is 0 Å². The highest BCUT2D eigenvalue weighted by molar-refractivity contribution is 5.81. The van der Waals surface area contributed by atoms with Crippen LogP contribution in [-0.4, -0.2) is 43.0 Å². The number of nitrogens with zero attached hydrogens (tertiary/aromatic N) is 1. The van der Waals surface area contributed by atoms with E-state index in [9.17, 15) is 4.79 Å². The molecule has 0 radical (unpaired) electrons. The number of amides is 1. The summed E-state index contributed by atoms with van der Waals surface area (Å²) < 4.78 is 0. The largest absolute Gasteiger partial charge is 0.355 e. The van der Waals surface area contributed by atoms with Crippen LogP contribution in [0.15, 0.2) is 0 Å². The quantitative estimate of drug-likeness (QED) is 0.626. The highest BCUT2D eigenvalue weighted by atomic mass is 16.2. The van der Waals surface area contributed by atoms with Gasteiger partial charge in [-0.25, -0.2) is 0 Å². The van der Waals surface area contributed by atoms with Crippen molar-refractivity contribution < 1.29 is 4.79 Å². The molecular weight excluding hydrogens is 214 g/mol. The van der Waals surface area contributed by atoms with Crippen LogP contribution in [0.5, 0.6) is 0 Å². The van der Waals surface area contributed by atoms with Crippen molar-refractivity contribution >= 4 is 5.91 Å². The molecule has 3 N–H and O–H groups in total. The number of unbranched alkanes of at least 4 members (excludes halogenated alkanes) is 1. The summed E-state index contributed by atoms with van der Waals surface area (Å²) in [6.07, 6.45) is 6.61. The minimum absolute atomic E-state index is 0.0138. The van der Waals surface area contributed by atoms with Gasteiger partial charge in [0.2, 0.25) is 5.91 Å². The second-order valence-electron chi connectivity index (χ2n) is 4.94. The highest BCUT2D eigenvalue weighted by Crippen LogP contribution is 2.06. The Hall–Kier alpha value is -0.610. The van der Waals surface area contributed by atoms with Gasteiger partial charge in [-0.2, -0.15) is 0 Å². The summed E-state index contributed by atoms with van der Waals surface area (Å²) in [5, 5.41) is 2.92. The van der Waals surface area contributed by atoms with Gasteiger partial charge in [-0.15, -0.1) is 0 Å². The lowest BCUT2D eigenvalue weighted by Crippen LogP contribution is -2.41. The predicted molar refractivity (Wildman–Crippen MR) is 70.8 cm³/mol. The molecule has 17 heavy (non-hydrogen) atoms. The molecule has 1 fully saturated rings. The summed E-state index contributed by atoms with van der Waals surface area (Å²) in [5.74, 6) is 0.0138. The van der Waals surface area contributed by atoms with Crippen molar-refractivity contribution in [3.8, 4) is 0 Å². The van der Waals surface area contributed by atoms with Crippen LogP contribution < -0.4 is 11.1 Å². The number of hydrogen-bond acceptors (Lipinski definition) is 3. The van der Waals surface area contributed by atoms with Gasteiger partial charge in [0.05, 0.1) is 6.04 Å². The van der Waals surface area contributed by atoms with Crippen molar-refractivity contribution in [2.75, 3.05) is 26.2 Å². The van der Waals surface area contributed by atoms with E-state index in [0.29, 0.717) is 0 Å². The number of carbonyl (C=O) groups excluding carboxylic acids is 1. The van der Waals surface area contributed by atoms with Crippen molar-refractivity contribution in [2.45, 2.75) is 51.5 Å². The SMILES string of the molecule is CCCCC(N)C(=O)NCCCN1CCCC1. The Morgan fingerprint density at radius 2 is 2.06 bits per heavy atom. The maximum absolute atomic E-state index is 11.6. The molecule has 0 aromatic heterocycles. The molecule has 100 valence electrons. The first kappa shape index (κ1) is 14.5. The van der Waals surface area contributed by atoms with E-state index in [4.69, 9.17) is 5.73 Å². The van der Waals surface area contributed by atoms with Crippen molar-refractivity contribution in [3.63, 3.8) is 0 Å². The van der Waals surface area contributed by atoms with E-state index in [-0.39, 0.29) is 11.9 Å². The van der Waals surface area contributed by atoms with Crippen LogP contribution in [0.25, 0.3) is 0 Å². The molecule has 0 spiro atoms. The monoisotopic (exact) mass is 241 g/mol. The summed E-state index contributed by atoms with van der Waals surface area (Å²) >= 11 is 0. The van der Waals surface area contributed by atoms with Gasteiger partial charge < -0.3 is 16.0 Å². The Labute approximate surface area is 105 Å². The molecule has 1 saturated heterocycles. The van der Waals surface area contributed by atoms with Crippen LogP contribution in [0.4, 0.5) is 0 Å². The molecule has 1 aliphatic heterocycles. The van der Waals surface area contributed by atoms with E-state index in [1.807, 2.05) is 0 Å². The van der Waals surface area contributed by atoms with Crippen molar-refractivity contribution in [1.29, 1.82) is 0 Å². The summed E-state index contributed by atoms with van der Waals surface area (Å²) in [4.78, 5) is 14.1. The van der Waals surface area contributed by atoms with E-state index in [0.717, 1.165) is 38.8 Å². The summed E-state index contributed by atoms with van der Waals surface area (Å²) in [5.41, 5.74) is 5.79. The second-order valence-corrected chi connectivity index (χ2v) is 4.94. The Balaban J connectivity index is 1.98. The van der Waals surface area contributed by atoms with Crippen LogP contribution in [0.3, 0.4) is 0 Å². The van der Waals surface area contributed by atoms with Gasteiger partial charge in [0.1, 0.15) is 0 Å². The topological polar surface area (TPSA) is 58.4 Å². The lowest BCUT2D eigenvalue weighted by molar-refractivity contribution is -0.122. The zero-order valence-electron chi connectivity index (χ0n) is 11.1. The molecule has 0 aliphatic carbocycles. The van der Waals surface area contributed by atoms with Crippen LogP contribution in [0.1, 0.15) is 45.4 Å². The van der Waals surface area contributed by atoms with E-state index in [1.54, 1.807) is 0 Å². The van der Waals surface area contributed by atoms with Gasteiger partial charge in [0.15, 0.2) is 0 Å². The van der Waals surface area contributed by atoms with E-state index in [2.05, 4.69) is 17.1 Å². The molecule has 0 aromatic carbocycles. The summed E-state index contributed by atoms with van der Waals surface area (Å²) in [6, 6.07) is -0.318. The van der Waals surface area contributed by atoms with Crippen molar-refractivity contribution in [2.24, 2.45) is 5.73 Å². The van der Waals surface area contributed by atoms with E-state index >= 15 is 0 Å². The Bertz CT molecular complexity index is 215. The van der Waals surface area contributed by atoms with Crippen molar-refractivity contribution in [1.82, 2.24) is 10.2 Å². The summed E-state index contributed by atoms with van der Waals surface area (Å²) in [6.45, 7) is 6.42. The third-order valence-corrected chi connectivity index (χ3v) is 3.35. The standard InChI is InChI=1S/C13H27N3O/c1-2-3-7-12(14)13(17)15-8-6-11-16-9-4-5-10-16/h12H,2-11,14H2,1H3,(H,15,17). The minimum Gasteiger partial charge on any atom is -0.355 e. The molecule has 1 rings (SSSR count). The van der Waals surface area contributed by atoms with E-state index < -0.39 is 0 Å². The van der Waals surface area contributed by atoms with Gasteiger partial charge in [-0.05, 0) is 45.3 Å². The smallest absolute Gasteiger partial charge is 0.236 e.